The Morgan fingerprint density at radius 2 is 1.78 bits per heavy atom. The standard InChI is InChI=1S/C17H31N3O.2ClH/c1-2-8-20-9-4-7-15(20)17(21)19-16-12-5-3-6-13(16)11-14(18)10-12;;/h12-16H,2-11,18H2,1H3,(H,19,21);2*1H. The highest BCUT2D eigenvalue weighted by molar-refractivity contribution is 5.85. The van der Waals surface area contributed by atoms with Crippen LogP contribution in [0.25, 0.3) is 0 Å². The number of rotatable bonds is 4. The third-order valence-electron chi connectivity index (χ3n) is 5.86. The first-order valence-corrected chi connectivity index (χ1v) is 8.99. The van der Waals surface area contributed by atoms with Crippen molar-refractivity contribution in [3.05, 3.63) is 0 Å². The van der Waals surface area contributed by atoms with Gasteiger partial charge in [-0.15, -0.1) is 24.8 Å². The summed E-state index contributed by atoms with van der Waals surface area (Å²) in [6.45, 7) is 4.34. The molecule has 2 aliphatic carbocycles. The molecule has 0 aromatic rings. The number of nitrogens with one attached hydrogen (secondary N) is 1. The second-order valence-electron chi connectivity index (χ2n) is 7.41. The predicted octanol–water partition coefficient (Wildman–Crippen LogP) is 2.73. The molecule has 3 unspecified atom stereocenters. The normalized spacial score (nSPS) is 36.7. The van der Waals surface area contributed by atoms with Crippen molar-refractivity contribution in [1.29, 1.82) is 0 Å². The van der Waals surface area contributed by atoms with E-state index in [2.05, 4.69) is 17.1 Å². The second kappa shape index (κ2) is 9.45. The highest BCUT2D eigenvalue weighted by atomic mass is 35.5. The van der Waals surface area contributed by atoms with E-state index >= 15 is 0 Å². The minimum absolute atomic E-state index is 0. The summed E-state index contributed by atoms with van der Waals surface area (Å²) < 4.78 is 0. The summed E-state index contributed by atoms with van der Waals surface area (Å²) in [5.74, 6) is 1.54. The summed E-state index contributed by atoms with van der Waals surface area (Å²) in [5.41, 5.74) is 6.18. The molecule has 0 aromatic heterocycles. The number of hydrogen-bond donors (Lipinski definition) is 2. The minimum atomic E-state index is 0. The van der Waals surface area contributed by atoms with Crippen LogP contribution in [0.2, 0.25) is 0 Å². The molecule has 2 bridgehead atoms. The van der Waals surface area contributed by atoms with Crippen molar-refractivity contribution in [2.45, 2.75) is 76.4 Å². The van der Waals surface area contributed by atoms with Gasteiger partial charge in [0.1, 0.15) is 0 Å². The molecule has 6 heteroatoms. The first-order valence-electron chi connectivity index (χ1n) is 8.99. The molecule has 23 heavy (non-hydrogen) atoms. The molecule has 4 nitrogen and oxygen atoms in total. The summed E-state index contributed by atoms with van der Waals surface area (Å²) in [7, 11) is 0. The third kappa shape index (κ3) is 4.75. The maximum absolute atomic E-state index is 12.7. The number of carbonyl (C=O) groups excluding carboxylic acids is 1. The average Bonchev–Trinajstić information content (AvgIpc) is 2.88. The summed E-state index contributed by atoms with van der Waals surface area (Å²) in [4.78, 5) is 15.1. The van der Waals surface area contributed by atoms with Gasteiger partial charge in [0.05, 0.1) is 6.04 Å². The van der Waals surface area contributed by atoms with Gasteiger partial charge in [0.2, 0.25) is 5.91 Å². The van der Waals surface area contributed by atoms with Gasteiger partial charge < -0.3 is 11.1 Å². The zero-order valence-corrected chi connectivity index (χ0v) is 15.8. The van der Waals surface area contributed by atoms with Gasteiger partial charge in [0, 0.05) is 12.1 Å². The van der Waals surface area contributed by atoms with E-state index in [1.165, 1.54) is 25.7 Å². The van der Waals surface area contributed by atoms with E-state index in [1.54, 1.807) is 0 Å². The first kappa shape index (κ1) is 21.0. The van der Waals surface area contributed by atoms with Gasteiger partial charge in [-0.3, -0.25) is 9.69 Å². The number of hydrogen-bond acceptors (Lipinski definition) is 3. The molecule has 2 saturated carbocycles. The Balaban J connectivity index is 0.00000132. The van der Waals surface area contributed by atoms with Crippen molar-refractivity contribution in [2.75, 3.05) is 13.1 Å². The fourth-order valence-corrected chi connectivity index (χ4v) is 4.96. The van der Waals surface area contributed by atoms with Crippen LogP contribution in [0.1, 0.15) is 58.3 Å². The number of halogens is 2. The quantitative estimate of drug-likeness (QED) is 0.804. The number of likely N-dealkylation sites (tertiary alicyclic amines) is 1. The lowest BCUT2D eigenvalue weighted by atomic mass is 9.67. The molecular weight excluding hydrogens is 333 g/mol. The largest absolute Gasteiger partial charge is 0.351 e. The lowest BCUT2D eigenvalue weighted by Crippen LogP contribution is -2.56. The maximum Gasteiger partial charge on any atom is 0.237 e. The Kier molecular flexibility index (Phi) is 8.64. The molecule has 1 saturated heterocycles. The maximum atomic E-state index is 12.7. The molecule has 3 atom stereocenters. The van der Waals surface area contributed by atoms with Gasteiger partial charge in [-0.2, -0.15) is 0 Å². The second-order valence-corrected chi connectivity index (χ2v) is 7.41. The molecule has 3 fully saturated rings. The lowest BCUT2D eigenvalue weighted by Gasteiger charge is -2.45. The van der Waals surface area contributed by atoms with Crippen molar-refractivity contribution in [2.24, 2.45) is 17.6 Å². The Morgan fingerprint density at radius 3 is 2.39 bits per heavy atom. The molecule has 1 heterocycles. The van der Waals surface area contributed by atoms with Gasteiger partial charge in [0.15, 0.2) is 0 Å². The fraction of sp³-hybridized carbons (Fsp3) is 0.941. The number of nitrogens with zero attached hydrogens (tertiary/aromatic N) is 1. The van der Waals surface area contributed by atoms with Crippen LogP contribution in [0.5, 0.6) is 0 Å². The van der Waals surface area contributed by atoms with Crippen LogP contribution in [0.15, 0.2) is 0 Å². The monoisotopic (exact) mass is 365 g/mol. The van der Waals surface area contributed by atoms with Crippen LogP contribution in [0.4, 0.5) is 0 Å². The average molecular weight is 366 g/mol. The molecular formula is C17H33Cl2N3O. The summed E-state index contributed by atoms with van der Waals surface area (Å²) in [6.07, 6.45) is 9.35. The van der Waals surface area contributed by atoms with Crippen LogP contribution in [-0.2, 0) is 4.79 Å². The van der Waals surface area contributed by atoms with E-state index < -0.39 is 0 Å². The van der Waals surface area contributed by atoms with Crippen LogP contribution in [0.3, 0.4) is 0 Å². The van der Waals surface area contributed by atoms with Crippen molar-refractivity contribution < 1.29 is 4.79 Å². The molecule has 3 aliphatic rings. The molecule has 1 amide bonds. The van der Waals surface area contributed by atoms with E-state index in [0.29, 0.717) is 29.8 Å². The number of amides is 1. The van der Waals surface area contributed by atoms with Crippen LogP contribution in [0, 0.1) is 11.8 Å². The van der Waals surface area contributed by atoms with E-state index in [9.17, 15) is 4.79 Å². The Bertz CT molecular complexity index is 369. The van der Waals surface area contributed by atoms with Crippen LogP contribution < -0.4 is 11.1 Å². The highest BCUT2D eigenvalue weighted by Crippen LogP contribution is 2.39. The predicted molar refractivity (Wildman–Crippen MR) is 99.4 cm³/mol. The van der Waals surface area contributed by atoms with Crippen molar-refractivity contribution >= 4 is 30.7 Å². The summed E-state index contributed by atoms with van der Waals surface area (Å²) >= 11 is 0. The highest BCUT2D eigenvalue weighted by Gasteiger charge is 2.41. The SMILES string of the molecule is CCCN1CCCC1C(=O)NC1C2CCCC1CC(N)C2.Cl.Cl. The molecule has 0 radical (unpaired) electrons. The van der Waals surface area contributed by atoms with Gasteiger partial charge in [-0.25, -0.2) is 0 Å². The summed E-state index contributed by atoms with van der Waals surface area (Å²) in [6, 6.07) is 0.882. The molecule has 0 spiro atoms. The lowest BCUT2D eigenvalue weighted by molar-refractivity contribution is -0.127. The van der Waals surface area contributed by atoms with Gasteiger partial charge >= 0.3 is 0 Å². The van der Waals surface area contributed by atoms with Crippen molar-refractivity contribution in [3.63, 3.8) is 0 Å². The Morgan fingerprint density at radius 1 is 1.13 bits per heavy atom. The number of fused-ring (bicyclic) bond motifs is 2. The third-order valence-corrected chi connectivity index (χ3v) is 5.86. The first-order chi connectivity index (χ1) is 10.2. The van der Waals surface area contributed by atoms with Crippen molar-refractivity contribution in [3.8, 4) is 0 Å². The zero-order chi connectivity index (χ0) is 14.8. The minimum Gasteiger partial charge on any atom is -0.351 e. The Labute approximate surface area is 153 Å². The van der Waals surface area contributed by atoms with E-state index in [4.69, 9.17) is 5.73 Å². The van der Waals surface area contributed by atoms with Gasteiger partial charge in [-0.1, -0.05) is 13.3 Å². The molecule has 3 N–H and O–H groups in total. The van der Waals surface area contributed by atoms with Crippen LogP contribution in [-0.4, -0.2) is 42.0 Å². The van der Waals surface area contributed by atoms with Gasteiger partial charge in [0.25, 0.3) is 0 Å². The Hall–Kier alpha value is -0.0300. The fourth-order valence-electron chi connectivity index (χ4n) is 4.96. The number of nitrogens with two attached hydrogens (primary N) is 1. The van der Waals surface area contributed by atoms with Crippen molar-refractivity contribution in [1.82, 2.24) is 10.2 Å². The molecule has 3 rings (SSSR count). The molecule has 0 aromatic carbocycles. The topological polar surface area (TPSA) is 58.4 Å². The summed E-state index contributed by atoms with van der Waals surface area (Å²) in [5, 5.41) is 3.44. The van der Waals surface area contributed by atoms with E-state index in [-0.39, 0.29) is 30.9 Å². The van der Waals surface area contributed by atoms with Crippen LogP contribution >= 0.6 is 24.8 Å². The molecule has 1 aliphatic heterocycles. The number of carbonyl (C=O) groups is 1. The molecule has 136 valence electrons. The smallest absolute Gasteiger partial charge is 0.237 e. The van der Waals surface area contributed by atoms with E-state index in [1.807, 2.05) is 0 Å². The van der Waals surface area contributed by atoms with Gasteiger partial charge in [-0.05, 0) is 69.9 Å². The zero-order valence-electron chi connectivity index (χ0n) is 14.2. The van der Waals surface area contributed by atoms with E-state index in [0.717, 1.165) is 38.8 Å².